The number of thiophene rings is 1. The van der Waals surface area contributed by atoms with E-state index >= 15 is 0 Å². The maximum absolute atomic E-state index is 12.5. The summed E-state index contributed by atoms with van der Waals surface area (Å²) in [5, 5.41) is 9.82. The molecule has 0 saturated carbocycles. The van der Waals surface area contributed by atoms with E-state index in [-0.39, 0.29) is 5.78 Å². The summed E-state index contributed by atoms with van der Waals surface area (Å²) in [6, 6.07) is 6.08. The number of carbonyl (C=O) groups is 1. The van der Waals surface area contributed by atoms with Gasteiger partial charge in [-0.05, 0) is 38.3 Å². The highest BCUT2D eigenvalue weighted by atomic mass is 32.2. The molecule has 0 aliphatic carbocycles. The molecule has 0 aliphatic heterocycles. The summed E-state index contributed by atoms with van der Waals surface area (Å²) >= 11 is 3.08. The number of hydrogen-bond donors (Lipinski definition) is 1. The number of thioether (sulfide) groups is 1. The normalized spacial score (nSPS) is 11.1. The van der Waals surface area contributed by atoms with Crippen LogP contribution in [0.1, 0.15) is 39.4 Å². The molecule has 0 radical (unpaired) electrons. The molecule has 0 fully saturated rings. The van der Waals surface area contributed by atoms with Crippen molar-refractivity contribution in [3.63, 3.8) is 0 Å². The molecule has 5 nitrogen and oxygen atoms in total. The summed E-state index contributed by atoms with van der Waals surface area (Å²) in [6.45, 7) is 7.00. The van der Waals surface area contributed by atoms with Gasteiger partial charge >= 0.3 is 0 Å². The maximum Gasteiger partial charge on any atom is 0.208 e. The molecule has 3 aromatic heterocycles. The summed E-state index contributed by atoms with van der Waals surface area (Å²) in [5.41, 5.74) is 2.96. The first-order valence-corrected chi connectivity index (χ1v) is 9.71. The molecular weight excluding hydrogens is 340 g/mol. The summed E-state index contributed by atoms with van der Waals surface area (Å²) < 4.78 is 2.16. The molecule has 3 heterocycles. The highest BCUT2D eigenvalue weighted by Crippen LogP contribution is 2.20. The Labute approximate surface area is 149 Å². The zero-order valence-corrected chi connectivity index (χ0v) is 15.6. The standard InChI is InChI=1S/C17H20N4OS2/c1-4-21-11(2)8-14(12(21)3)15(22)10-24-17-18-16(19-20-17)9-13-6-5-7-23-13/h5-8H,4,9-10H2,1-3H3,(H,18,19,20). The third-order valence-corrected chi connectivity index (χ3v) is 5.68. The number of H-pyrrole nitrogens is 1. The van der Waals surface area contributed by atoms with Gasteiger partial charge in [-0.25, -0.2) is 4.98 Å². The van der Waals surface area contributed by atoms with E-state index < -0.39 is 0 Å². The van der Waals surface area contributed by atoms with Gasteiger partial charge in [-0.3, -0.25) is 9.89 Å². The van der Waals surface area contributed by atoms with Gasteiger partial charge in [0.2, 0.25) is 5.16 Å². The number of aromatic amines is 1. The molecule has 0 bridgehead atoms. The Morgan fingerprint density at radius 2 is 2.25 bits per heavy atom. The molecule has 3 rings (SSSR count). The van der Waals surface area contributed by atoms with Crippen LogP contribution < -0.4 is 0 Å². The van der Waals surface area contributed by atoms with Crippen LogP contribution in [-0.2, 0) is 13.0 Å². The van der Waals surface area contributed by atoms with Crippen LogP contribution in [0.25, 0.3) is 0 Å². The Kier molecular flexibility index (Phi) is 5.20. The van der Waals surface area contributed by atoms with Crippen molar-refractivity contribution in [3.8, 4) is 0 Å². The van der Waals surface area contributed by atoms with Gasteiger partial charge in [0, 0.05) is 34.8 Å². The highest BCUT2D eigenvalue weighted by molar-refractivity contribution is 7.99. The van der Waals surface area contributed by atoms with Gasteiger partial charge < -0.3 is 4.57 Å². The predicted octanol–water partition coefficient (Wildman–Crippen LogP) is 3.87. The molecule has 0 atom stereocenters. The molecular formula is C17H20N4OS2. The summed E-state index contributed by atoms with van der Waals surface area (Å²) in [4.78, 5) is 18.2. The Morgan fingerprint density at radius 3 is 2.92 bits per heavy atom. The largest absolute Gasteiger partial charge is 0.349 e. The molecule has 0 unspecified atom stereocenters. The fourth-order valence-electron chi connectivity index (χ4n) is 2.78. The fraction of sp³-hybridized carbons (Fsp3) is 0.353. The number of carbonyl (C=O) groups excluding carboxylic acids is 1. The van der Waals surface area contributed by atoms with E-state index in [0.29, 0.717) is 10.9 Å². The van der Waals surface area contributed by atoms with Crippen molar-refractivity contribution < 1.29 is 4.79 Å². The second kappa shape index (κ2) is 7.36. The van der Waals surface area contributed by atoms with Crippen LogP contribution >= 0.6 is 23.1 Å². The number of ketones is 1. The van der Waals surface area contributed by atoms with Crippen LogP contribution in [0.4, 0.5) is 0 Å². The van der Waals surface area contributed by atoms with Crippen molar-refractivity contribution in [1.29, 1.82) is 0 Å². The van der Waals surface area contributed by atoms with Crippen molar-refractivity contribution in [2.24, 2.45) is 0 Å². The lowest BCUT2D eigenvalue weighted by Crippen LogP contribution is -2.06. The van der Waals surface area contributed by atoms with E-state index in [1.54, 1.807) is 11.3 Å². The molecule has 1 N–H and O–H groups in total. The minimum Gasteiger partial charge on any atom is -0.349 e. The van der Waals surface area contributed by atoms with Gasteiger partial charge in [-0.15, -0.1) is 16.4 Å². The lowest BCUT2D eigenvalue weighted by atomic mass is 10.2. The molecule has 0 saturated heterocycles. The third kappa shape index (κ3) is 3.62. The van der Waals surface area contributed by atoms with Crippen molar-refractivity contribution in [3.05, 3.63) is 51.2 Å². The van der Waals surface area contributed by atoms with E-state index in [2.05, 4.69) is 32.7 Å². The molecule has 0 aliphatic rings. The van der Waals surface area contributed by atoms with Crippen molar-refractivity contribution >= 4 is 28.9 Å². The van der Waals surface area contributed by atoms with Gasteiger partial charge in [-0.1, -0.05) is 17.8 Å². The summed E-state index contributed by atoms with van der Waals surface area (Å²) in [5.74, 6) is 1.30. The Bertz CT molecular complexity index is 833. The minimum atomic E-state index is 0.123. The van der Waals surface area contributed by atoms with Gasteiger partial charge in [-0.2, -0.15) is 0 Å². The molecule has 3 aromatic rings. The monoisotopic (exact) mass is 360 g/mol. The quantitative estimate of drug-likeness (QED) is 0.513. The number of rotatable bonds is 7. The maximum atomic E-state index is 12.5. The van der Waals surface area contributed by atoms with E-state index in [9.17, 15) is 4.79 Å². The van der Waals surface area contributed by atoms with Gasteiger partial charge in [0.25, 0.3) is 0 Å². The first-order chi connectivity index (χ1) is 11.6. The lowest BCUT2D eigenvalue weighted by molar-refractivity contribution is 0.102. The van der Waals surface area contributed by atoms with Crippen LogP contribution in [0.15, 0.2) is 28.7 Å². The number of aryl methyl sites for hydroxylation is 1. The van der Waals surface area contributed by atoms with Crippen LogP contribution in [0.5, 0.6) is 0 Å². The molecule has 0 aromatic carbocycles. The smallest absolute Gasteiger partial charge is 0.208 e. The zero-order chi connectivity index (χ0) is 17.1. The first-order valence-electron chi connectivity index (χ1n) is 7.85. The first kappa shape index (κ1) is 17.0. The van der Waals surface area contributed by atoms with Gasteiger partial charge in [0.15, 0.2) is 5.78 Å². The SMILES string of the molecule is CCn1c(C)cc(C(=O)CSc2n[nH]c(Cc3cccs3)n2)c1C. The van der Waals surface area contributed by atoms with E-state index in [0.717, 1.165) is 35.7 Å². The second-order valence-corrected chi connectivity index (χ2v) is 7.54. The molecule has 0 spiro atoms. The van der Waals surface area contributed by atoms with E-state index in [1.807, 2.05) is 31.4 Å². The predicted molar refractivity (Wildman–Crippen MR) is 98.1 cm³/mol. The number of nitrogens with zero attached hydrogens (tertiary/aromatic N) is 3. The van der Waals surface area contributed by atoms with E-state index in [1.165, 1.54) is 16.6 Å². The average Bonchev–Trinajstić information content (AvgIpc) is 3.28. The van der Waals surface area contributed by atoms with Crippen LogP contribution in [0.3, 0.4) is 0 Å². The molecule has 24 heavy (non-hydrogen) atoms. The third-order valence-electron chi connectivity index (χ3n) is 3.96. The van der Waals surface area contributed by atoms with Gasteiger partial charge in [0.05, 0.1) is 5.75 Å². The van der Waals surface area contributed by atoms with Crippen LogP contribution in [0, 0.1) is 13.8 Å². The van der Waals surface area contributed by atoms with Crippen LogP contribution in [0.2, 0.25) is 0 Å². The Hall–Kier alpha value is -1.86. The summed E-state index contributed by atoms with van der Waals surface area (Å²) in [6.07, 6.45) is 0.747. The molecule has 0 amide bonds. The van der Waals surface area contributed by atoms with Crippen molar-refractivity contribution in [2.45, 2.75) is 38.9 Å². The highest BCUT2D eigenvalue weighted by Gasteiger charge is 2.16. The number of aromatic nitrogens is 4. The second-order valence-electron chi connectivity index (χ2n) is 5.56. The average molecular weight is 361 g/mol. The fourth-order valence-corrected chi connectivity index (χ4v) is 4.19. The van der Waals surface area contributed by atoms with Gasteiger partial charge in [0.1, 0.15) is 5.82 Å². The van der Waals surface area contributed by atoms with Crippen molar-refractivity contribution in [2.75, 3.05) is 5.75 Å². The number of Topliss-reactive ketones (excluding diaryl/α,β-unsaturated/α-hetero) is 1. The topological polar surface area (TPSA) is 63.6 Å². The minimum absolute atomic E-state index is 0.123. The lowest BCUT2D eigenvalue weighted by Gasteiger charge is -2.05. The number of hydrogen-bond acceptors (Lipinski definition) is 5. The molecule has 7 heteroatoms. The Balaban J connectivity index is 1.61. The Morgan fingerprint density at radius 1 is 1.42 bits per heavy atom. The van der Waals surface area contributed by atoms with Crippen LogP contribution in [-0.4, -0.2) is 31.3 Å². The zero-order valence-electron chi connectivity index (χ0n) is 14.0. The molecule has 126 valence electrons. The van der Waals surface area contributed by atoms with Crippen molar-refractivity contribution in [1.82, 2.24) is 19.7 Å². The number of nitrogens with one attached hydrogen (secondary N) is 1. The van der Waals surface area contributed by atoms with E-state index in [4.69, 9.17) is 0 Å². The summed E-state index contributed by atoms with van der Waals surface area (Å²) in [7, 11) is 0.